The van der Waals surface area contributed by atoms with E-state index in [0.717, 1.165) is 42.9 Å². The Bertz CT molecular complexity index is 1140. The number of fused-ring (bicyclic) bond motifs is 2. The summed E-state index contributed by atoms with van der Waals surface area (Å²) in [5.74, 6) is 1.28. The molecule has 1 aromatic carbocycles. The molecule has 0 atom stereocenters. The van der Waals surface area contributed by atoms with Crippen LogP contribution < -0.4 is 10.5 Å². The molecule has 9 heteroatoms. The van der Waals surface area contributed by atoms with Crippen molar-refractivity contribution in [2.45, 2.75) is 20.0 Å². The summed E-state index contributed by atoms with van der Waals surface area (Å²) in [6.45, 7) is 3.06. The van der Waals surface area contributed by atoms with E-state index in [2.05, 4.69) is 29.1 Å². The molecular weight excluding hydrogens is 412 g/mol. The molecule has 0 aliphatic rings. The van der Waals surface area contributed by atoms with E-state index in [1.54, 1.807) is 23.0 Å². The number of ether oxygens (including phenoxy) is 2. The van der Waals surface area contributed by atoms with Crippen molar-refractivity contribution < 1.29 is 14.6 Å². The smallest absolute Gasteiger partial charge is 0.152 e. The second-order valence-electron chi connectivity index (χ2n) is 6.59. The second kappa shape index (κ2) is 8.96. The highest BCUT2D eigenvalue weighted by molar-refractivity contribution is 7.22. The van der Waals surface area contributed by atoms with E-state index in [1.807, 2.05) is 12.3 Å². The number of thiophene rings is 1. The highest BCUT2D eigenvalue weighted by Gasteiger charge is 2.20. The fraction of sp³-hybridized carbons (Fsp3) is 0.300. The summed E-state index contributed by atoms with van der Waals surface area (Å²) in [4.78, 5) is 5.23. The molecule has 3 aromatic heterocycles. The van der Waals surface area contributed by atoms with Gasteiger partial charge >= 0.3 is 0 Å². The van der Waals surface area contributed by atoms with E-state index in [-0.39, 0.29) is 19.0 Å². The second-order valence-corrected chi connectivity index (χ2v) is 7.65. The molecule has 0 aliphatic heterocycles. The first-order valence-electron chi connectivity index (χ1n) is 9.00. The normalized spacial score (nSPS) is 11.1. The summed E-state index contributed by atoms with van der Waals surface area (Å²) in [6, 6.07) is 6.33. The Morgan fingerprint density at radius 2 is 2.10 bits per heavy atom. The van der Waals surface area contributed by atoms with Crippen molar-refractivity contribution in [3.05, 3.63) is 41.9 Å². The number of nitrogens with zero attached hydrogens (tertiary/aromatic N) is 3. The topological polar surface area (TPSA) is 94.9 Å². The summed E-state index contributed by atoms with van der Waals surface area (Å²) < 4.78 is 14.2. The predicted octanol–water partition coefficient (Wildman–Crippen LogP) is 3.83. The lowest BCUT2D eigenvalue weighted by Gasteiger charge is -2.05. The van der Waals surface area contributed by atoms with E-state index in [0.29, 0.717) is 25.5 Å². The van der Waals surface area contributed by atoms with Crippen LogP contribution >= 0.6 is 23.7 Å². The molecule has 154 valence electrons. The number of anilines is 1. The SMILES string of the molecule is COc1cc(C)cc2cc(-c3c(COCCCO)cn4ncnc(N)c34)sc12.Cl. The molecule has 3 N–H and O–H groups in total. The predicted molar refractivity (Wildman–Crippen MR) is 118 cm³/mol. The van der Waals surface area contributed by atoms with Crippen LogP contribution in [0.4, 0.5) is 5.82 Å². The monoisotopic (exact) mass is 434 g/mol. The molecule has 3 heterocycles. The fourth-order valence-corrected chi connectivity index (χ4v) is 4.57. The lowest BCUT2D eigenvalue weighted by Crippen LogP contribution is -1.98. The van der Waals surface area contributed by atoms with Crippen molar-refractivity contribution in [2.24, 2.45) is 0 Å². The largest absolute Gasteiger partial charge is 0.495 e. The standard InChI is InChI=1S/C20H22N4O3S.ClH/c1-12-6-13-8-16(28-19(13)15(7-12)26-2)17-14(10-27-5-3-4-25)9-24-18(17)20(21)22-11-23-24;/h6-9,11,25H,3-5,10H2,1-2H3,(H2,21,22,23);1H. The molecule has 0 fully saturated rings. The van der Waals surface area contributed by atoms with Gasteiger partial charge in [-0.2, -0.15) is 5.10 Å². The van der Waals surface area contributed by atoms with Gasteiger partial charge in [0.25, 0.3) is 0 Å². The molecule has 7 nitrogen and oxygen atoms in total. The molecule has 0 saturated heterocycles. The number of hydrogen-bond acceptors (Lipinski definition) is 7. The summed E-state index contributed by atoms with van der Waals surface area (Å²) in [6.07, 6.45) is 3.97. The molecule has 0 bridgehead atoms. The van der Waals surface area contributed by atoms with E-state index < -0.39 is 0 Å². The Hall–Kier alpha value is -2.39. The van der Waals surface area contributed by atoms with Crippen LogP contribution in [0, 0.1) is 6.92 Å². The number of aliphatic hydroxyl groups is 1. The average Bonchev–Trinajstić information content (AvgIpc) is 3.26. The molecule has 0 saturated carbocycles. The van der Waals surface area contributed by atoms with Gasteiger partial charge < -0.3 is 20.3 Å². The summed E-state index contributed by atoms with van der Waals surface area (Å²) in [7, 11) is 1.69. The van der Waals surface area contributed by atoms with Gasteiger partial charge in [-0.25, -0.2) is 9.50 Å². The average molecular weight is 435 g/mol. The first kappa shape index (κ1) is 21.3. The Kier molecular flexibility index (Phi) is 6.59. The third kappa shape index (κ3) is 4.02. The van der Waals surface area contributed by atoms with Gasteiger partial charge in [-0.05, 0) is 36.4 Å². The van der Waals surface area contributed by atoms with E-state index in [4.69, 9.17) is 20.3 Å². The van der Waals surface area contributed by atoms with Gasteiger partial charge in [0.1, 0.15) is 17.6 Å². The van der Waals surface area contributed by atoms with E-state index in [9.17, 15) is 0 Å². The lowest BCUT2D eigenvalue weighted by atomic mass is 10.1. The molecule has 4 aromatic rings. The summed E-state index contributed by atoms with van der Waals surface area (Å²) >= 11 is 1.65. The number of hydrogen-bond donors (Lipinski definition) is 2. The lowest BCUT2D eigenvalue weighted by molar-refractivity contribution is 0.104. The van der Waals surface area contributed by atoms with Crippen molar-refractivity contribution in [1.82, 2.24) is 14.6 Å². The minimum atomic E-state index is 0. The zero-order chi connectivity index (χ0) is 19.7. The Morgan fingerprint density at radius 1 is 1.28 bits per heavy atom. The number of nitrogen functional groups attached to an aromatic ring is 1. The Labute approximate surface area is 178 Å². The molecule has 0 radical (unpaired) electrons. The number of aromatic nitrogens is 3. The van der Waals surface area contributed by atoms with Crippen LogP contribution in [-0.2, 0) is 11.3 Å². The van der Waals surface area contributed by atoms with Crippen molar-refractivity contribution in [2.75, 3.05) is 26.1 Å². The first-order valence-corrected chi connectivity index (χ1v) is 9.82. The van der Waals surface area contributed by atoms with Gasteiger partial charge in [0.2, 0.25) is 0 Å². The van der Waals surface area contributed by atoms with Gasteiger partial charge in [0.15, 0.2) is 5.82 Å². The zero-order valence-electron chi connectivity index (χ0n) is 16.2. The summed E-state index contributed by atoms with van der Waals surface area (Å²) in [5, 5.41) is 14.4. The van der Waals surface area contributed by atoms with Gasteiger partial charge in [0.05, 0.1) is 18.4 Å². The highest BCUT2D eigenvalue weighted by atomic mass is 35.5. The van der Waals surface area contributed by atoms with E-state index in [1.165, 1.54) is 6.33 Å². The van der Waals surface area contributed by atoms with Gasteiger partial charge in [-0.3, -0.25) is 0 Å². The number of halogens is 1. The third-order valence-electron chi connectivity index (χ3n) is 4.58. The minimum absolute atomic E-state index is 0. The van der Waals surface area contributed by atoms with Crippen molar-refractivity contribution in [3.8, 4) is 16.2 Å². The maximum absolute atomic E-state index is 8.97. The van der Waals surface area contributed by atoms with Crippen LogP contribution in [0.15, 0.2) is 30.7 Å². The number of rotatable bonds is 7. The highest BCUT2D eigenvalue weighted by Crippen LogP contribution is 2.43. The number of aryl methyl sites for hydroxylation is 1. The Balaban J connectivity index is 0.00000240. The quantitative estimate of drug-likeness (QED) is 0.429. The van der Waals surface area contributed by atoms with Crippen molar-refractivity contribution in [3.63, 3.8) is 0 Å². The zero-order valence-corrected chi connectivity index (χ0v) is 17.8. The molecule has 29 heavy (non-hydrogen) atoms. The number of nitrogens with two attached hydrogens (primary N) is 1. The number of benzene rings is 1. The van der Waals surface area contributed by atoms with E-state index >= 15 is 0 Å². The molecule has 0 spiro atoms. The van der Waals surface area contributed by atoms with Crippen molar-refractivity contribution in [1.29, 1.82) is 0 Å². The number of aliphatic hydroxyl groups excluding tert-OH is 1. The van der Waals surface area contributed by atoms with Crippen LogP contribution in [0.5, 0.6) is 5.75 Å². The maximum Gasteiger partial charge on any atom is 0.152 e. The molecule has 0 aliphatic carbocycles. The minimum Gasteiger partial charge on any atom is -0.495 e. The van der Waals surface area contributed by atoms with Crippen LogP contribution in [0.2, 0.25) is 0 Å². The van der Waals surface area contributed by atoms with Gasteiger partial charge in [-0.1, -0.05) is 6.07 Å². The van der Waals surface area contributed by atoms with Crippen LogP contribution in [0.3, 0.4) is 0 Å². The molecule has 0 unspecified atom stereocenters. The first-order chi connectivity index (χ1) is 13.6. The fourth-order valence-electron chi connectivity index (χ4n) is 3.36. The van der Waals surface area contributed by atoms with Gasteiger partial charge in [-0.15, -0.1) is 23.7 Å². The van der Waals surface area contributed by atoms with Crippen LogP contribution in [0.25, 0.3) is 26.0 Å². The maximum atomic E-state index is 8.97. The third-order valence-corrected chi connectivity index (χ3v) is 5.76. The molecular formula is C20H23ClN4O3S. The Morgan fingerprint density at radius 3 is 2.86 bits per heavy atom. The van der Waals surface area contributed by atoms with Crippen LogP contribution in [0.1, 0.15) is 17.5 Å². The molecule has 0 amide bonds. The van der Waals surface area contributed by atoms with Gasteiger partial charge in [0, 0.05) is 35.4 Å². The molecule has 4 rings (SSSR count). The number of methoxy groups -OCH3 is 1. The van der Waals surface area contributed by atoms with Crippen molar-refractivity contribution >= 4 is 45.2 Å². The summed E-state index contributed by atoms with van der Waals surface area (Å²) in [5.41, 5.74) is 10.1. The van der Waals surface area contributed by atoms with Crippen LogP contribution in [-0.4, -0.2) is 40.0 Å².